The highest BCUT2D eigenvalue weighted by molar-refractivity contribution is 5.28. The first-order valence-corrected chi connectivity index (χ1v) is 9.25. The largest absolute Gasteiger partial charge is 0.395 e. The van der Waals surface area contributed by atoms with Gasteiger partial charge in [0.05, 0.1) is 19.3 Å². The predicted octanol–water partition coefficient (Wildman–Crippen LogP) is 1.84. The van der Waals surface area contributed by atoms with Crippen molar-refractivity contribution in [2.24, 2.45) is 34.0 Å². The van der Waals surface area contributed by atoms with E-state index in [1.54, 1.807) is 0 Å². The average Bonchev–Trinajstić information content (AvgIpc) is 2.81. The molecule has 23 heavy (non-hydrogen) atoms. The maximum atomic E-state index is 11.1. The molecule has 5 fully saturated rings. The Balaban J connectivity index is 1.60. The summed E-state index contributed by atoms with van der Waals surface area (Å²) < 4.78 is 5.96. The van der Waals surface area contributed by atoms with Crippen molar-refractivity contribution in [1.29, 1.82) is 0 Å². The van der Waals surface area contributed by atoms with Crippen molar-refractivity contribution >= 4 is 0 Å². The van der Waals surface area contributed by atoms with Crippen molar-refractivity contribution in [3.05, 3.63) is 12.2 Å². The molecular weight excluding hydrogens is 292 g/mol. The normalized spacial score (nSPS) is 63.0. The zero-order valence-corrected chi connectivity index (χ0v) is 13.9. The first kappa shape index (κ1) is 14.9. The van der Waals surface area contributed by atoms with Gasteiger partial charge in [-0.15, -0.1) is 0 Å². The fourth-order valence-corrected chi connectivity index (χ4v) is 7.53. The van der Waals surface area contributed by atoms with Gasteiger partial charge in [-0.3, -0.25) is 0 Å². The maximum absolute atomic E-state index is 11.1. The summed E-state index contributed by atoms with van der Waals surface area (Å²) in [5.74, 6) is -0.393. The van der Waals surface area contributed by atoms with Gasteiger partial charge in [0.15, 0.2) is 5.79 Å². The van der Waals surface area contributed by atoms with Gasteiger partial charge in [-0.2, -0.15) is 0 Å². The standard InChI is InChI=1S/C19H28O4/c1-12-15-13(21)8-17-5-4-16(9-17,10-20)3-2-14(17)18(15)6-7-19(12,22)23-11-18/h4-5,12-15,20-22H,2-3,6-11H2,1H3. The second-order valence-electron chi connectivity index (χ2n) is 9.31. The Hall–Kier alpha value is -0.420. The van der Waals surface area contributed by atoms with E-state index < -0.39 is 5.79 Å². The van der Waals surface area contributed by atoms with Crippen molar-refractivity contribution in [2.75, 3.05) is 13.2 Å². The van der Waals surface area contributed by atoms with E-state index in [-0.39, 0.29) is 40.8 Å². The molecule has 4 nitrogen and oxygen atoms in total. The number of allylic oxidation sites excluding steroid dienone is 1. The minimum Gasteiger partial charge on any atom is -0.395 e. The zero-order chi connectivity index (χ0) is 16.1. The SMILES string of the molecule is CC1C2C(O)CC34C=CC(CO)(CCC3C23CCC1(O)OC3)C4. The van der Waals surface area contributed by atoms with Crippen LogP contribution in [0, 0.1) is 34.0 Å². The van der Waals surface area contributed by atoms with E-state index >= 15 is 0 Å². The van der Waals surface area contributed by atoms with Crippen molar-refractivity contribution in [3.8, 4) is 0 Å². The van der Waals surface area contributed by atoms with E-state index in [4.69, 9.17) is 4.74 Å². The van der Waals surface area contributed by atoms with Crippen LogP contribution in [0.3, 0.4) is 0 Å². The molecule has 4 heteroatoms. The number of aliphatic hydroxyl groups excluding tert-OH is 2. The van der Waals surface area contributed by atoms with Gasteiger partial charge in [0.1, 0.15) is 0 Å². The van der Waals surface area contributed by atoms with Crippen LogP contribution in [0.15, 0.2) is 12.2 Å². The summed E-state index contributed by atoms with van der Waals surface area (Å²) in [6.45, 7) is 2.86. The van der Waals surface area contributed by atoms with Gasteiger partial charge in [-0.25, -0.2) is 0 Å². The molecule has 3 saturated carbocycles. The van der Waals surface area contributed by atoms with Crippen LogP contribution in [-0.2, 0) is 4.74 Å². The highest BCUT2D eigenvalue weighted by Crippen LogP contribution is 2.72. The molecule has 6 aliphatic rings. The van der Waals surface area contributed by atoms with E-state index in [9.17, 15) is 15.3 Å². The van der Waals surface area contributed by atoms with Gasteiger partial charge >= 0.3 is 0 Å². The summed E-state index contributed by atoms with van der Waals surface area (Å²) in [6.07, 6.45) is 9.74. The predicted molar refractivity (Wildman–Crippen MR) is 84.3 cm³/mol. The molecular formula is C19H28O4. The van der Waals surface area contributed by atoms with E-state index in [0.29, 0.717) is 18.9 Å². The van der Waals surface area contributed by atoms with Crippen molar-refractivity contribution in [3.63, 3.8) is 0 Å². The highest BCUT2D eigenvalue weighted by atomic mass is 16.6. The summed E-state index contributed by atoms with van der Waals surface area (Å²) >= 11 is 0. The van der Waals surface area contributed by atoms with Crippen LogP contribution in [0.4, 0.5) is 0 Å². The molecule has 0 aromatic carbocycles. The molecule has 0 radical (unpaired) electrons. The fourth-order valence-electron chi connectivity index (χ4n) is 7.53. The van der Waals surface area contributed by atoms with Crippen LogP contribution in [0.25, 0.3) is 0 Å². The van der Waals surface area contributed by atoms with Crippen LogP contribution in [0.1, 0.15) is 45.4 Å². The molecule has 128 valence electrons. The van der Waals surface area contributed by atoms with Gasteiger partial charge in [-0.05, 0) is 43.4 Å². The van der Waals surface area contributed by atoms with Crippen LogP contribution < -0.4 is 0 Å². The lowest BCUT2D eigenvalue weighted by molar-refractivity contribution is -0.374. The lowest BCUT2D eigenvalue weighted by atomic mass is 9.40. The summed E-state index contributed by atoms with van der Waals surface area (Å²) in [5, 5.41) is 31.7. The number of ether oxygens (including phenoxy) is 1. The monoisotopic (exact) mass is 320 g/mol. The molecule has 8 atom stereocenters. The van der Waals surface area contributed by atoms with Crippen LogP contribution in [0.2, 0.25) is 0 Å². The average molecular weight is 320 g/mol. The summed E-state index contributed by atoms with van der Waals surface area (Å²) in [5.41, 5.74) is -0.0408. The molecule has 8 unspecified atom stereocenters. The number of hydrogen-bond donors (Lipinski definition) is 3. The Morgan fingerprint density at radius 3 is 2.74 bits per heavy atom. The summed E-state index contributed by atoms with van der Waals surface area (Å²) in [4.78, 5) is 0. The Bertz CT molecular complexity index is 564. The summed E-state index contributed by atoms with van der Waals surface area (Å²) in [6, 6.07) is 0. The molecule has 2 aliphatic heterocycles. The molecule has 4 bridgehead atoms. The van der Waals surface area contributed by atoms with Gasteiger partial charge in [-0.1, -0.05) is 19.1 Å². The van der Waals surface area contributed by atoms with Gasteiger partial charge < -0.3 is 20.1 Å². The Morgan fingerprint density at radius 1 is 1.22 bits per heavy atom. The van der Waals surface area contributed by atoms with Gasteiger partial charge in [0.25, 0.3) is 0 Å². The molecule has 4 aliphatic carbocycles. The van der Waals surface area contributed by atoms with Crippen LogP contribution in [0.5, 0.6) is 0 Å². The first-order valence-electron chi connectivity index (χ1n) is 9.25. The number of rotatable bonds is 1. The number of hydrogen-bond acceptors (Lipinski definition) is 4. The van der Waals surface area contributed by atoms with Gasteiger partial charge in [0.2, 0.25) is 0 Å². The van der Waals surface area contributed by atoms with Crippen LogP contribution >= 0.6 is 0 Å². The molecule has 0 amide bonds. The maximum Gasteiger partial charge on any atom is 0.168 e. The van der Waals surface area contributed by atoms with Gasteiger partial charge in [0, 0.05) is 29.1 Å². The molecule has 0 aromatic heterocycles. The van der Waals surface area contributed by atoms with Crippen LogP contribution in [-0.4, -0.2) is 40.4 Å². The third-order valence-corrected chi connectivity index (χ3v) is 8.54. The first-order chi connectivity index (χ1) is 10.9. The fraction of sp³-hybridized carbons (Fsp3) is 0.895. The minimum atomic E-state index is -1.03. The zero-order valence-electron chi connectivity index (χ0n) is 13.9. The number of aliphatic hydroxyl groups is 3. The van der Waals surface area contributed by atoms with Crippen molar-refractivity contribution in [1.82, 2.24) is 0 Å². The van der Waals surface area contributed by atoms with E-state index in [1.165, 1.54) is 0 Å². The third kappa shape index (κ3) is 1.57. The highest BCUT2D eigenvalue weighted by Gasteiger charge is 2.71. The van der Waals surface area contributed by atoms with Crippen molar-refractivity contribution < 1.29 is 20.1 Å². The third-order valence-electron chi connectivity index (χ3n) is 8.54. The minimum absolute atomic E-state index is 0.00212. The number of fused-ring (bicyclic) bond motifs is 3. The molecule has 3 N–H and O–H groups in total. The lowest BCUT2D eigenvalue weighted by Crippen LogP contribution is -2.71. The molecule has 2 spiro atoms. The Labute approximate surface area is 137 Å². The summed E-state index contributed by atoms with van der Waals surface area (Å²) in [7, 11) is 0. The molecule has 2 saturated heterocycles. The quantitative estimate of drug-likeness (QED) is 0.645. The topological polar surface area (TPSA) is 69.9 Å². The second kappa shape index (κ2) is 4.21. The van der Waals surface area contributed by atoms with E-state index in [1.807, 2.05) is 0 Å². The Morgan fingerprint density at radius 2 is 2.04 bits per heavy atom. The second-order valence-corrected chi connectivity index (χ2v) is 9.31. The van der Waals surface area contributed by atoms with Crippen molar-refractivity contribution in [2.45, 2.75) is 57.3 Å². The molecule has 0 aromatic rings. The smallest absolute Gasteiger partial charge is 0.168 e. The lowest BCUT2D eigenvalue weighted by Gasteiger charge is -2.69. The van der Waals surface area contributed by atoms with E-state index in [2.05, 4.69) is 19.1 Å². The molecule has 2 heterocycles. The molecule has 6 rings (SSSR count). The Kier molecular flexibility index (Phi) is 2.73. The van der Waals surface area contributed by atoms with E-state index in [0.717, 1.165) is 32.1 Å².